The summed E-state index contributed by atoms with van der Waals surface area (Å²) in [5, 5.41) is 2.08. The van der Waals surface area contributed by atoms with Crippen molar-refractivity contribution in [3.05, 3.63) is 77.2 Å². The molecule has 0 aliphatic carbocycles. The van der Waals surface area contributed by atoms with E-state index in [4.69, 9.17) is 17.0 Å². The van der Waals surface area contributed by atoms with Crippen molar-refractivity contribution >= 4 is 56.7 Å². The lowest BCUT2D eigenvalue weighted by Gasteiger charge is -2.17. The lowest BCUT2D eigenvalue weighted by molar-refractivity contribution is -0.113. The Bertz CT molecular complexity index is 1050. The number of hydrogen-bond donors (Lipinski definition) is 0. The summed E-state index contributed by atoms with van der Waals surface area (Å²) in [6.07, 6.45) is 1.84. The van der Waals surface area contributed by atoms with Gasteiger partial charge in [0.2, 0.25) is 0 Å². The largest absolute Gasteiger partial charge is 0.496 e. The number of fused-ring (bicyclic) bond motifs is 1. The summed E-state index contributed by atoms with van der Waals surface area (Å²) in [6.45, 7) is 0. The van der Waals surface area contributed by atoms with Crippen molar-refractivity contribution in [1.29, 1.82) is 0 Å². The third-order valence-electron chi connectivity index (χ3n) is 4.23. The fourth-order valence-electron chi connectivity index (χ4n) is 3.01. The highest BCUT2D eigenvalue weighted by Crippen LogP contribution is 2.39. The third-order valence-corrected chi connectivity index (χ3v) is 5.53. The first-order chi connectivity index (χ1) is 12.7. The van der Waals surface area contributed by atoms with Crippen molar-refractivity contribution in [3.63, 3.8) is 0 Å². The summed E-state index contributed by atoms with van der Waals surface area (Å²) in [4.78, 5) is 15.3. The number of ether oxygens (including phenoxy) is 1. The number of para-hydroxylation sites is 1. The van der Waals surface area contributed by atoms with Gasteiger partial charge in [-0.15, -0.1) is 0 Å². The van der Waals surface area contributed by atoms with Crippen molar-refractivity contribution in [2.75, 3.05) is 12.0 Å². The van der Waals surface area contributed by atoms with E-state index in [9.17, 15) is 4.79 Å². The van der Waals surface area contributed by atoms with Gasteiger partial charge in [-0.25, -0.2) is 0 Å². The molecule has 0 aromatic heterocycles. The van der Waals surface area contributed by atoms with E-state index in [0.717, 1.165) is 27.8 Å². The Balaban J connectivity index is 1.77. The summed E-state index contributed by atoms with van der Waals surface area (Å²) in [6, 6.07) is 21.5. The van der Waals surface area contributed by atoms with Gasteiger partial charge in [-0.2, -0.15) is 0 Å². The number of amides is 1. The summed E-state index contributed by atoms with van der Waals surface area (Å²) >= 11 is 6.83. The quantitative estimate of drug-likeness (QED) is 0.460. The molecule has 26 heavy (non-hydrogen) atoms. The molecule has 1 fully saturated rings. The zero-order valence-electron chi connectivity index (χ0n) is 14.0. The minimum absolute atomic E-state index is 0.109. The Kier molecular flexibility index (Phi) is 4.49. The maximum absolute atomic E-state index is 13.1. The van der Waals surface area contributed by atoms with Gasteiger partial charge in [0.1, 0.15) is 5.75 Å². The monoisotopic (exact) mass is 377 g/mol. The SMILES string of the molecule is COc1ccccc1C=C1SC(=S)N(c2cccc3ccccc23)C1=O. The number of carbonyl (C=O) groups excluding carboxylic acids is 1. The minimum atomic E-state index is -0.109. The average molecular weight is 377 g/mol. The molecule has 0 radical (unpaired) electrons. The van der Waals surface area contributed by atoms with E-state index in [1.807, 2.05) is 72.8 Å². The highest BCUT2D eigenvalue weighted by atomic mass is 32.2. The maximum atomic E-state index is 13.1. The number of thioether (sulfide) groups is 1. The second-order valence-corrected chi connectivity index (χ2v) is 7.43. The molecule has 3 nitrogen and oxygen atoms in total. The molecule has 1 heterocycles. The van der Waals surface area contributed by atoms with Crippen LogP contribution in [0.15, 0.2) is 71.6 Å². The number of anilines is 1. The van der Waals surface area contributed by atoms with Crippen LogP contribution in [-0.4, -0.2) is 17.3 Å². The second kappa shape index (κ2) is 6.94. The van der Waals surface area contributed by atoms with Gasteiger partial charge in [-0.05, 0) is 23.6 Å². The van der Waals surface area contributed by atoms with Gasteiger partial charge in [-0.3, -0.25) is 9.69 Å². The van der Waals surface area contributed by atoms with Crippen LogP contribution in [0.25, 0.3) is 16.8 Å². The first-order valence-electron chi connectivity index (χ1n) is 8.08. The molecule has 4 rings (SSSR count). The lowest BCUT2D eigenvalue weighted by atomic mass is 10.1. The fraction of sp³-hybridized carbons (Fsp3) is 0.0476. The molecular weight excluding hydrogens is 362 g/mol. The van der Waals surface area contributed by atoms with Gasteiger partial charge in [0, 0.05) is 10.9 Å². The molecule has 128 valence electrons. The molecule has 5 heteroatoms. The van der Waals surface area contributed by atoms with E-state index < -0.39 is 0 Å². The van der Waals surface area contributed by atoms with Crippen LogP contribution < -0.4 is 9.64 Å². The molecule has 1 aliphatic rings. The highest BCUT2D eigenvalue weighted by Gasteiger charge is 2.34. The fourth-order valence-corrected chi connectivity index (χ4v) is 4.28. The van der Waals surface area contributed by atoms with Crippen molar-refractivity contribution in [3.8, 4) is 5.75 Å². The number of thiocarbonyl (C=S) groups is 1. The van der Waals surface area contributed by atoms with Crippen LogP contribution in [0.2, 0.25) is 0 Å². The summed E-state index contributed by atoms with van der Waals surface area (Å²) in [5.41, 5.74) is 1.67. The number of carbonyl (C=O) groups is 1. The van der Waals surface area contributed by atoms with Crippen LogP contribution in [0.3, 0.4) is 0 Å². The molecule has 0 N–H and O–H groups in total. The van der Waals surface area contributed by atoms with E-state index in [0.29, 0.717) is 9.23 Å². The standard InChI is InChI=1S/C21H15NO2S2/c1-24-18-12-5-3-8-15(18)13-19-20(23)22(21(25)26-19)17-11-6-9-14-7-2-4-10-16(14)17/h2-13H,1H3. The number of methoxy groups -OCH3 is 1. The van der Waals surface area contributed by atoms with Gasteiger partial charge in [-0.1, -0.05) is 78.6 Å². The number of hydrogen-bond acceptors (Lipinski definition) is 4. The molecule has 0 bridgehead atoms. The van der Waals surface area contributed by atoms with Crippen LogP contribution in [0.1, 0.15) is 5.56 Å². The zero-order valence-corrected chi connectivity index (χ0v) is 15.6. The average Bonchev–Trinajstić information content (AvgIpc) is 2.95. The van der Waals surface area contributed by atoms with Crippen molar-refractivity contribution in [2.45, 2.75) is 0 Å². The van der Waals surface area contributed by atoms with Crippen LogP contribution in [0, 0.1) is 0 Å². The van der Waals surface area contributed by atoms with E-state index in [-0.39, 0.29) is 5.91 Å². The molecule has 1 amide bonds. The Hall–Kier alpha value is -2.63. The highest BCUT2D eigenvalue weighted by molar-refractivity contribution is 8.27. The Labute approximate surface area is 161 Å². The molecular formula is C21H15NO2S2. The summed E-state index contributed by atoms with van der Waals surface area (Å²) in [7, 11) is 1.62. The Morgan fingerprint density at radius 2 is 1.73 bits per heavy atom. The molecule has 0 atom stereocenters. The molecule has 1 aliphatic heterocycles. The van der Waals surface area contributed by atoms with Crippen molar-refractivity contribution < 1.29 is 9.53 Å². The summed E-state index contributed by atoms with van der Waals surface area (Å²) < 4.78 is 5.91. The Morgan fingerprint density at radius 3 is 2.58 bits per heavy atom. The topological polar surface area (TPSA) is 29.5 Å². The van der Waals surface area contributed by atoms with E-state index in [1.165, 1.54) is 11.8 Å². The normalized spacial score (nSPS) is 15.9. The second-order valence-electron chi connectivity index (χ2n) is 5.76. The number of nitrogens with zero attached hydrogens (tertiary/aromatic N) is 1. The van der Waals surface area contributed by atoms with Crippen LogP contribution in [0.5, 0.6) is 5.75 Å². The van der Waals surface area contributed by atoms with Gasteiger partial charge < -0.3 is 4.74 Å². The molecule has 1 saturated heterocycles. The molecule has 3 aromatic carbocycles. The van der Waals surface area contributed by atoms with Crippen LogP contribution >= 0.6 is 24.0 Å². The molecule has 0 saturated carbocycles. The van der Waals surface area contributed by atoms with Crippen molar-refractivity contribution in [2.24, 2.45) is 0 Å². The minimum Gasteiger partial charge on any atom is -0.496 e. The van der Waals surface area contributed by atoms with Gasteiger partial charge in [0.05, 0.1) is 17.7 Å². The zero-order chi connectivity index (χ0) is 18.1. The van der Waals surface area contributed by atoms with E-state index in [2.05, 4.69) is 0 Å². The predicted molar refractivity (Wildman–Crippen MR) is 113 cm³/mol. The van der Waals surface area contributed by atoms with Gasteiger partial charge >= 0.3 is 0 Å². The maximum Gasteiger partial charge on any atom is 0.270 e. The summed E-state index contributed by atoms with van der Waals surface area (Å²) in [5.74, 6) is 0.616. The first-order valence-corrected chi connectivity index (χ1v) is 9.30. The van der Waals surface area contributed by atoms with E-state index in [1.54, 1.807) is 12.0 Å². The number of rotatable bonds is 3. The number of benzene rings is 3. The predicted octanol–water partition coefficient (Wildman–Crippen LogP) is 5.25. The smallest absolute Gasteiger partial charge is 0.270 e. The lowest BCUT2D eigenvalue weighted by Crippen LogP contribution is -2.27. The van der Waals surface area contributed by atoms with Gasteiger partial charge in [0.15, 0.2) is 4.32 Å². The van der Waals surface area contributed by atoms with Crippen LogP contribution in [-0.2, 0) is 4.79 Å². The van der Waals surface area contributed by atoms with Crippen LogP contribution in [0.4, 0.5) is 5.69 Å². The molecule has 0 spiro atoms. The van der Waals surface area contributed by atoms with E-state index >= 15 is 0 Å². The first kappa shape index (κ1) is 16.8. The molecule has 0 unspecified atom stereocenters. The Morgan fingerprint density at radius 1 is 1.00 bits per heavy atom. The molecule has 3 aromatic rings. The van der Waals surface area contributed by atoms with Crippen molar-refractivity contribution in [1.82, 2.24) is 0 Å². The third kappa shape index (κ3) is 2.89. The van der Waals surface area contributed by atoms with Gasteiger partial charge in [0.25, 0.3) is 5.91 Å².